The molecule has 1 amide bonds. The van der Waals surface area contributed by atoms with E-state index in [1.54, 1.807) is 4.90 Å². The Hall–Kier alpha value is -1.66. The lowest BCUT2D eigenvalue weighted by Gasteiger charge is -2.19. The molecule has 1 aromatic carbocycles. The summed E-state index contributed by atoms with van der Waals surface area (Å²) in [5.41, 5.74) is 0.102. The number of benzene rings is 1. The molecular formula is C12H14ClN3O3. The van der Waals surface area contributed by atoms with Gasteiger partial charge in [0.25, 0.3) is 11.6 Å². The van der Waals surface area contributed by atoms with Gasteiger partial charge in [0, 0.05) is 42.4 Å². The van der Waals surface area contributed by atoms with Crippen molar-refractivity contribution in [1.29, 1.82) is 0 Å². The van der Waals surface area contributed by atoms with Crippen LogP contribution in [0.25, 0.3) is 0 Å². The number of non-ortho nitro benzene ring substituents is 1. The number of nitrogens with zero attached hydrogens (tertiary/aromatic N) is 2. The zero-order valence-electron chi connectivity index (χ0n) is 10.3. The number of nitro benzene ring substituents is 1. The van der Waals surface area contributed by atoms with Crippen LogP contribution < -0.4 is 5.32 Å². The van der Waals surface area contributed by atoms with Crippen molar-refractivity contribution in [2.45, 2.75) is 6.42 Å². The third-order valence-corrected chi connectivity index (χ3v) is 3.19. The first kappa shape index (κ1) is 13.8. The second kappa shape index (κ2) is 5.99. The van der Waals surface area contributed by atoms with E-state index in [1.165, 1.54) is 18.2 Å². The molecule has 0 bridgehead atoms. The molecule has 0 aliphatic carbocycles. The van der Waals surface area contributed by atoms with Crippen LogP contribution in [0, 0.1) is 10.1 Å². The van der Waals surface area contributed by atoms with Crippen molar-refractivity contribution in [3.05, 3.63) is 38.9 Å². The molecule has 0 unspecified atom stereocenters. The average Bonchev–Trinajstić information content (AvgIpc) is 2.65. The lowest BCUT2D eigenvalue weighted by Crippen LogP contribution is -2.34. The summed E-state index contributed by atoms with van der Waals surface area (Å²) < 4.78 is 0. The monoisotopic (exact) mass is 283 g/mol. The molecule has 1 saturated heterocycles. The SMILES string of the molecule is O=C(c1cc(Cl)cc([N+](=O)[O-])c1)N1CCCNCC1. The fraction of sp³-hybridized carbons (Fsp3) is 0.417. The van der Waals surface area contributed by atoms with E-state index in [-0.39, 0.29) is 22.2 Å². The van der Waals surface area contributed by atoms with Crippen molar-refractivity contribution in [3.8, 4) is 0 Å². The Morgan fingerprint density at radius 3 is 2.84 bits per heavy atom. The summed E-state index contributed by atoms with van der Waals surface area (Å²) in [5.74, 6) is -0.214. The zero-order chi connectivity index (χ0) is 13.8. The summed E-state index contributed by atoms with van der Waals surface area (Å²) in [4.78, 5) is 24.2. The van der Waals surface area contributed by atoms with Crippen LogP contribution in [0.4, 0.5) is 5.69 Å². The van der Waals surface area contributed by atoms with Crippen molar-refractivity contribution in [2.75, 3.05) is 26.2 Å². The summed E-state index contributed by atoms with van der Waals surface area (Å²) in [6, 6.07) is 3.98. The lowest BCUT2D eigenvalue weighted by atomic mass is 10.1. The molecular weight excluding hydrogens is 270 g/mol. The highest BCUT2D eigenvalue weighted by Gasteiger charge is 2.20. The third kappa shape index (κ3) is 3.42. The smallest absolute Gasteiger partial charge is 0.271 e. The van der Waals surface area contributed by atoms with Crippen LogP contribution >= 0.6 is 11.6 Å². The largest absolute Gasteiger partial charge is 0.337 e. The molecule has 0 atom stereocenters. The van der Waals surface area contributed by atoms with E-state index >= 15 is 0 Å². The Balaban J connectivity index is 2.24. The summed E-state index contributed by atoms with van der Waals surface area (Å²) in [6.45, 7) is 2.85. The van der Waals surface area contributed by atoms with E-state index in [0.717, 1.165) is 19.5 Å². The maximum Gasteiger partial charge on any atom is 0.271 e. The molecule has 1 fully saturated rings. The van der Waals surface area contributed by atoms with Gasteiger partial charge in [-0.1, -0.05) is 11.6 Å². The van der Waals surface area contributed by atoms with Gasteiger partial charge in [0.2, 0.25) is 0 Å². The van der Waals surface area contributed by atoms with E-state index in [0.29, 0.717) is 13.1 Å². The van der Waals surface area contributed by atoms with Crippen LogP contribution in [0.3, 0.4) is 0 Å². The quantitative estimate of drug-likeness (QED) is 0.662. The van der Waals surface area contributed by atoms with Crippen LogP contribution in [-0.2, 0) is 0 Å². The molecule has 0 aromatic heterocycles. The van der Waals surface area contributed by atoms with Gasteiger partial charge in [0.1, 0.15) is 0 Å². The van der Waals surface area contributed by atoms with Crippen LogP contribution in [0.15, 0.2) is 18.2 Å². The number of halogens is 1. The van der Waals surface area contributed by atoms with Gasteiger partial charge in [-0.05, 0) is 19.0 Å². The second-order valence-electron chi connectivity index (χ2n) is 4.35. The van der Waals surface area contributed by atoms with Crippen LogP contribution in [0.1, 0.15) is 16.8 Å². The minimum absolute atomic E-state index is 0.163. The standard InChI is InChI=1S/C12H14ClN3O3/c13-10-6-9(7-11(8-10)16(18)19)12(17)15-4-1-2-14-3-5-15/h6-8,14H,1-5H2. The summed E-state index contributed by atoms with van der Waals surface area (Å²) >= 11 is 5.82. The van der Waals surface area contributed by atoms with E-state index in [2.05, 4.69) is 5.32 Å². The Labute approximate surface area is 115 Å². The minimum Gasteiger partial charge on any atom is -0.337 e. The highest BCUT2D eigenvalue weighted by molar-refractivity contribution is 6.31. The topological polar surface area (TPSA) is 75.5 Å². The number of carbonyl (C=O) groups excluding carboxylic acids is 1. The molecule has 0 saturated carbocycles. The van der Waals surface area contributed by atoms with Crippen LogP contribution in [0.2, 0.25) is 5.02 Å². The summed E-state index contributed by atoms with van der Waals surface area (Å²) in [5, 5.41) is 14.2. The number of carbonyl (C=O) groups is 1. The Bertz CT molecular complexity index is 499. The van der Waals surface area contributed by atoms with Crippen molar-refractivity contribution < 1.29 is 9.72 Å². The highest BCUT2D eigenvalue weighted by atomic mass is 35.5. The predicted molar refractivity (Wildman–Crippen MR) is 71.5 cm³/mol. The van der Waals surface area contributed by atoms with Crippen LogP contribution in [0.5, 0.6) is 0 Å². The number of amides is 1. The fourth-order valence-corrected chi connectivity index (χ4v) is 2.26. The van der Waals surface area contributed by atoms with Crippen molar-refractivity contribution in [1.82, 2.24) is 10.2 Å². The first-order chi connectivity index (χ1) is 9.08. The number of hydrogen-bond acceptors (Lipinski definition) is 4. The molecule has 1 N–H and O–H groups in total. The van der Waals surface area contributed by atoms with E-state index < -0.39 is 4.92 Å². The molecule has 0 spiro atoms. The Morgan fingerprint density at radius 2 is 2.11 bits per heavy atom. The predicted octanol–water partition coefficient (Wildman–Crippen LogP) is 1.68. The van der Waals surface area contributed by atoms with Gasteiger partial charge < -0.3 is 10.2 Å². The van der Waals surface area contributed by atoms with Gasteiger partial charge in [-0.15, -0.1) is 0 Å². The Morgan fingerprint density at radius 1 is 1.32 bits per heavy atom. The molecule has 6 nitrogen and oxygen atoms in total. The first-order valence-corrected chi connectivity index (χ1v) is 6.41. The average molecular weight is 284 g/mol. The maximum atomic E-state index is 12.3. The molecule has 19 heavy (non-hydrogen) atoms. The molecule has 102 valence electrons. The minimum atomic E-state index is -0.549. The van der Waals surface area contributed by atoms with Gasteiger partial charge >= 0.3 is 0 Å². The molecule has 1 aromatic rings. The second-order valence-corrected chi connectivity index (χ2v) is 4.79. The van der Waals surface area contributed by atoms with Gasteiger partial charge in [-0.3, -0.25) is 14.9 Å². The number of nitro groups is 1. The normalized spacial score (nSPS) is 15.9. The first-order valence-electron chi connectivity index (χ1n) is 6.03. The van der Waals surface area contributed by atoms with Gasteiger partial charge in [0.05, 0.1) is 4.92 Å². The fourth-order valence-electron chi connectivity index (χ4n) is 2.03. The number of rotatable bonds is 2. The van der Waals surface area contributed by atoms with Crippen molar-refractivity contribution >= 4 is 23.2 Å². The van der Waals surface area contributed by atoms with Crippen LogP contribution in [-0.4, -0.2) is 41.9 Å². The molecule has 1 heterocycles. The van der Waals surface area contributed by atoms with Gasteiger partial charge in [0.15, 0.2) is 0 Å². The van der Waals surface area contributed by atoms with Crippen molar-refractivity contribution in [2.24, 2.45) is 0 Å². The lowest BCUT2D eigenvalue weighted by molar-refractivity contribution is -0.384. The maximum absolute atomic E-state index is 12.3. The number of hydrogen-bond donors (Lipinski definition) is 1. The summed E-state index contributed by atoms with van der Waals surface area (Å²) in [7, 11) is 0. The van der Waals surface area contributed by atoms with E-state index in [1.807, 2.05) is 0 Å². The highest BCUT2D eigenvalue weighted by Crippen LogP contribution is 2.22. The molecule has 7 heteroatoms. The van der Waals surface area contributed by atoms with Gasteiger partial charge in [-0.2, -0.15) is 0 Å². The molecule has 0 radical (unpaired) electrons. The Kier molecular flexibility index (Phi) is 4.34. The number of nitrogens with one attached hydrogen (secondary N) is 1. The summed E-state index contributed by atoms with van der Waals surface area (Å²) in [6.07, 6.45) is 0.869. The van der Waals surface area contributed by atoms with Crippen molar-refractivity contribution in [3.63, 3.8) is 0 Å². The van der Waals surface area contributed by atoms with Gasteiger partial charge in [-0.25, -0.2) is 0 Å². The molecule has 1 aliphatic heterocycles. The molecule has 2 rings (SSSR count). The molecule has 1 aliphatic rings. The zero-order valence-corrected chi connectivity index (χ0v) is 11.0. The third-order valence-electron chi connectivity index (χ3n) is 2.97. The van der Waals surface area contributed by atoms with E-state index in [4.69, 9.17) is 11.6 Å². The van der Waals surface area contributed by atoms with E-state index in [9.17, 15) is 14.9 Å².